The molecule has 0 saturated carbocycles. The van der Waals surface area contributed by atoms with Gasteiger partial charge in [-0.25, -0.2) is 5.43 Å². The minimum Gasteiger partial charge on any atom is -0.267 e. The zero-order valence-electron chi connectivity index (χ0n) is 11.6. The third kappa shape index (κ3) is 4.89. The summed E-state index contributed by atoms with van der Waals surface area (Å²) in [7, 11) is 0. The second-order valence-corrected chi connectivity index (χ2v) is 4.94. The van der Waals surface area contributed by atoms with E-state index in [1.807, 2.05) is 43.3 Å². The predicted molar refractivity (Wildman–Crippen MR) is 87.5 cm³/mol. The Bertz CT molecular complexity index is 661. The van der Waals surface area contributed by atoms with E-state index in [0.29, 0.717) is 10.6 Å². The highest BCUT2D eigenvalue weighted by Gasteiger charge is 2.02. The van der Waals surface area contributed by atoms with Gasteiger partial charge in [-0.05, 0) is 42.3 Å². The number of carbonyl (C=O) groups is 1. The van der Waals surface area contributed by atoms with Crippen molar-refractivity contribution in [1.82, 2.24) is 5.43 Å². The Hall–Kier alpha value is -2.39. The lowest BCUT2D eigenvalue weighted by atomic mass is 10.1. The first-order chi connectivity index (χ1) is 10.1. The minimum absolute atomic E-state index is 0.268. The molecule has 1 N–H and O–H groups in total. The first kappa shape index (κ1) is 15.0. The highest BCUT2D eigenvalue weighted by Crippen LogP contribution is 2.09. The van der Waals surface area contributed by atoms with E-state index in [4.69, 9.17) is 11.6 Å². The molecule has 0 saturated heterocycles. The molecule has 0 fully saturated rings. The van der Waals surface area contributed by atoms with Crippen molar-refractivity contribution in [2.24, 2.45) is 5.10 Å². The van der Waals surface area contributed by atoms with Gasteiger partial charge >= 0.3 is 0 Å². The maximum absolute atomic E-state index is 11.8. The summed E-state index contributed by atoms with van der Waals surface area (Å²) in [4.78, 5) is 11.8. The van der Waals surface area contributed by atoms with E-state index in [1.165, 1.54) is 0 Å². The van der Waals surface area contributed by atoms with Crippen molar-refractivity contribution in [3.63, 3.8) is 0 Å². The summed E-state index contributed by atoms with van der Waals surface area (Å²) < 4.78 is 0. The predicted octanol–water partition coefficient (Wildman–Crippen LogP) is 4.16. The summed E-state index contributed by atoms with van der Waals surface area (Å²) in [5.74, 6) is -0.268. The normalized spacial score (nSPS) is 11.6. The largest absolute Gasteiger partial charge is 0.271 e. The van der Waals surface area contributed by atoms with Crippen molar-refractivity contribution in [3.8, 4) is 0 Å². The van der Waals surface area contributed by atoms with Crippen molar-refractivity contribution >= 4 is 29.8 Å². The standard InChI is InChI=1S/C17H15ClN2O/c1-13(11-14-5-3-2-4-6-14)12-19-20-17(21)15-7-9-16(18)10-8-15/h2-12H,1H3,(H,20,21)/b13-11+,19-12?. The molecule has 2 aromatic rings. The van der Waals surface area contributed by atoms with Crippen molar-refractivity contribution in [2.75, 3.05) is 0 Å². The Morgan fingerprint density at radius 1 is 1.10 bits per heavy atom. The number of hydrazone groups is 1. The molecule has 3 nitrogen and oxygen atoms in total. The summed E-state index contributed by atoms with van der Waals surface area (Å²) in [5, 5.41) is 4.53. The zero-order valence-corrected chi connectivity index (χ0v) is 12.3. The number of benzene rings is 2. The van der Waals surface area contributed by atoms with Crippen LogP contribution >= 0.6 is 11.6 Å². The van der Waals surface area contributed by atoms with Gasteiger partial charge < -0.3 is 0 Å². The lowest BCUT2D eigenvalue weighted by Crippen LogP contribution is -2.17. The van der Waals surface area contributed by atoms with Crippen LogP contribution in [0.2, 0.25) is 5.02 Å². The molecular formula is C17H15ClN2O. The lowest BCUT2D eigenvalue weighted by Gasteiger charge is -2.00. The number of allylic oxidation sites excluding steroid dienone is 1. The molecule has 106 valence electrons. The van der Waals surface area contributed by atoms with Crippen LogP contribution in [0.4, 0.5) is 0 Å². The minimum atomic E-state index is -0.268. The summed E-state index contributed by atoms with van der Waals surface area (Å²) in [6.45, 7) is 1.92. The quantitative estimate of drug-likeness (QED) is 0.668. The van der Waals surface area contributed by atoms with Gasteiger partial charge in [-0.2, -0.15) is 5.10 Å². The molecule has 0 bridgehead atoms. The van der Waals surface area contributed by atoms with Gasteiger partial charge in [0.1, 0.15) is 0 Å². The van der Waals surface area contributed by atoms with Crippen molar-refractivity contribution in [1.29, 1.82) is 0 Å². The lowest BCUT2D eigenvalue weighted by molar-refractivity contribution is 0.0955. The molecule has 0 aliphatic heterocycles. The second kappa shape index (κ2) is 7.41. The van der Waals surface area contributed by atoms with Crippen LogP contribution < -0.4 is 5.43 Å². The fourth-order valence-corrected chi connectivity index (χ4v) is 1.83. The van der Waals surface area contributed by atoms with Gasteiger partial charge in [-0.15, -0.1) is 0 Å². The molecular weight excluding hydrogens is 284 g/mol. The van der Waals surface area contributed by atoms with Crippen LogP contribution in [0.15, 0.2) is 65.3 Å². The van der Waals surface area contributed by atoms with Gasteiger partial charge in [0.25, 0.3) is 5.91 Å². The number of amides is 1. The Morgan fingerprint density at radius 3 is 2.43 bits per heavy atom. The van der Waals surface area contributed by atoms with Crippen LogP contribution in [0.3, 0.4) is 0 Å². The van der Waals surface area contributed by atoms with Crippen LogP contribution in [-0.2, 0) is 0 Å². The number of rotatable bonds is 4. The van der Waals surface area contributed by atoms with Gasteiger partial charge in [-0.3, -0.25) is 4.79 Å². The molecule has 4 heteroatoms. The third-order valence-electron chi connectivity index (χ3n) is 2.73. The molecule has 0 aliphatic rings. The van der Waals surface area contributed by atoms with Gasteiger partial charge in [0, 0.05) is 10.6 Å². The molecule has 2 aromatic carbocycles. The molecule has 2 rings (SSSR count). The Kier molecular flexibility index (Phi) is 5.29. The summed E-state index contributed by atoms with van der Waals surface area (Å²) in [6, 6.07) is 16.6. The van der Waals surface area contributed by atoms with E-state index in [2.05, 4.69) is 10.5 Å². The first-order valence-corrected chi connectivity index (χ1v) is 6.85. The topological polar surface area (TPSA) is 41.5 Å². The number of nitrogens with zero attached hydrogens (tertiary/aromatic N) is 1. The monoisotopic (exact) mass is 298 g/mol. The summed E-state index contributed by atoms with van der Waals surface area (Å²) in [6.07, 6.45) is 3.60. The molecule has 0 atom stereocenters. The fraction of sp³-hybridized carbons (Fsp3) is 0.0588. The molecule has 0 radical (unpaired) electrons. The average molecular weight is 299 g/mol. The van der Waals surface area contributed by atoms with Crippen LogP contribution in [0.25, 0.3) is 6.08 Å². The first-order valence-electron chi connectivity index (χ1n) is 6.47. The Balaban J connectivity index is 1.94. The highest BCUT2D eigenvalue weighted by atomic mass is 35.5. The Morgan fingerprint density at radius 2 is 1.76 bits per heavy atom. The van der Waals surface area contributed by atoms with Crippen molar-refractivity contribution in [2.45, 2.75) is 6.92 Å². The number of carbonyl (C=O) groups excluding carboxylic acids is 1. The molecule has 0 spiro atoms. The highest BCUT2D eigenvalue weighted by molar-refractivity contribution is 6.30. The zero-order chi connectivity index (χ0) is 15.1. The van der Waals surface area contributed by atoms with Gasteiger partial charge in [-0.1, -0.05) is 48.0 Å². The Labute approximate surface area is 129 Å². The van der Waals surface area contributed by atoms with Gasteiger partial charge in [0.05, 0.1) is 6.21 Å². The van der Waals surface area contributed by atoms with E-state index in [1.54, 1.807) is 30.5 Å². The van der Waals surface area contributed by atoms with Gasteiger partial charge in [0.2, 0.25) is 0 Å². The maximum atomic E-state index is 11.8. The molecule has 0 aliphatic carbocycles. The smallest absolute Gasteiger partial charge is 0.267 e. The molecule has 21 heavy (non-hydrogen) atoms. The van der Waals surface area contributed by atoms with Crippen LogP contribution in [-0.4, -0.2) is 12.1 Å². The van der Waals surface area contributed by atoms with Crippen LogP contribution in [0.1, 0.15) is 22.8 Å². The average Bonchev–Trinajstić information content (AvgIpc) is 2.49. The molecule has 0 unspecified atom stereocenters. The van der Waals surface area contributed by atoms with E-state index in [9.17, 15) is 4.79 Å². The maximum Gasteiger partial charge on any atom is 0.271 e. The number of hydrogen-bond acceptors (Lipinski definition) is 2. The van der Waals surface area contributed by atoms with E-state index in [0.717, 1.165) is 11.1 Å². The van der Waals surface area contributed by atoms with E-state index >= 15 is 0 Å². The third-order valence-corrected chi connectivity index (χ3v) is 2.99. The van der Waals surface area contributed by atoms with Crippen molar-refractivity contribution < 1.29 is 4.79 Å². The molecule has 0 heterocycles. The number of halogens is 1. The molecule has 0 aromatic heterocycles. The number of hydrogen-bond donors (Lipinski definition) is 1. The second-order valence-electron chi connectivity index (χ2n) is 4.51. The van der Waals surface area contributed by atoms with Crippen LogP contribution in [0, 0.1) is 0 Å². The van der Waals surface area contributed by atoms with E-state index < -0.39 is 0 Å². The number of nitrogens with one attached hydrogen (secondary N) is 1. The van der Waals surface area contributed by atoms with Crippen molar-refractivity contribution in [3.05, 3.63) is 76.3 Å². The summed E-state index contributed by atoms with van der Waals surface area (Å²) >= 11 is 5.77. The van der Waals surface area contributed by atoms with Gasteiger partial charge in [0.15, 0.2) is 0 Å². The molecule has 1 amide bonds. The fourth-order valence-electron chi connectivity index (χ4n) is 1.71. The SMILES string of the molecule is C/C(C=NNC(=O)c1ccc(Cl)cc1)=C\c1ccccc1. The summed E-state index contributed by atoms with van der Waals surface area (Å²) in [5.41, 5.74) is 5.03. The van der Waals surface area contributed by atoms with E-state index in [-0.39, 0.29) is 5.91 Å². The van der Waals surface area contributed by atoms with Crippen LogP contribution in [0.5, 0.6) is 0 Å².